The first-order valence-corrected chi connectivity index (χ1v) is 41.0. The Labute approximate surface area is 606 Å². The van der Waals surface area contributed by atoms with Gasteiger partial charge < -0.3 is 67.6 Å². The summed E-state index contributed by atoms with van der Waals surface area (Å²) in [4.78, 5) is 157. The van der Waals surface area contributed by atoms with Crippen molar-refractivity contribution >= 4 is 70.9 Å². The minimum atomic E-state index is -6.08. The Morgan fingerprint density at radius 3 is 1.20 bits per heavy atom. The van der Waals surface area contributed by atoms with Crippen LogP contribution in [0.15, 0.2) is 72.8 Å². The number of hydrogen-bond donors (Lipinski definition) is 6. The van der Waals surface area contributed by atoms with E-state index in [1.165, 1.54) is 121 Å². The van der Waals surface area contributed by atoms with Crippen LogP contribution in [0.4, 0.5) is 0 Å². The average molecular weight is 1520 g/mol. The van der Waals surface area contributed by atoms with Crippen LogP contribution in [0.5, 0.6) is 0 Å². The van der Waals surface area contributed by atoms with Gasteiger partial charge in [-0.3, -0.25) is 37.3 Å². The average Bonchev–Trinajstić information content (AvgIpc) is 0.752. The summed E-state index contributed by atoms with van der Waals surface area (Å²) in [6.45, 7) is 4.38. The second-order valence-electron chi connectivity index (χ2n) is 25.8. The number of aliphatic hydroxyl groups is 1. The van der Waals surface area contributed by atoms with Crippen LogP contribution in [0.1, 0.15) is 265 Å². The predicted octanol–water partition coefficient (Wildman–Crippen LogP) is 13.7. The highest BCUT2D eigenvalue weighted by molar-refractivity contribution is 7.47. The molecule has 582 valence electrons. The topological polar surface area (TPSA) is 401 Å². The molecule has 2 aromatic carbocycles. The van der Waals surface area contributed by atoms with Gasteiger partial charge in [0.25, 0.3) is 0 Å². The molecule has 27 nitrogen and oxygen atoms in total. The fourth-order valence-electron chi connectivity index (χ4n) is 11.2. The maximum atomic E-state index is 14.5. The number of ether oxygens (including phenoxy) is 6. The number of allylic oxidation sites excluding steroid dienone is 4. The van der Waals surface area contributed by atoms with E-state index >= 15 is 0 Å². The lowest BCUT2D eigenvalue weighted by atomic mass is 9.84. The fourth-order valence-corrected chi connectivity index (χ4v) is 13.3. The highest BCUT2D eigenvalue weighted by Gasteiger charge is 2.61. The number of unbranched alkanes of at least 4 members (excludes halogenated alkanes) is 22. The number of hydrogen-bond acceptors (Lipinski definition) is 22. The third kappa shape index (κ3) is 42.3. The quantitative estimate of drug-likeness (QED) is 0.0118. The van der Waals surface area contributed by atoms with Crippen molar-refractivity contribution in [1.29, 1.82) is 0 Å². The Kier molecular flexibility index (Phi) is 46.6. The third-order valence-corrected chi connectivity index (χ3v) is 18.8. The van der Waals surface area contributed by atoms with E-state index in [4.69, 9.17) is 46.5 Å². The summed E-state index contributed by atoms with van der Waals surface area (Å²) >= 11 is 0. The Morgan fingerprint density at radius 1 is 0.417 bits per heavy atom. The molecular weight excluding hydrogens is 1400 g/mol. The zero-order valence-corrected chi connectivity index (χ0v) is 63.1. The molecule has 1 aliphatic rings. The molecule has 0 spiro atoms. The fraction of sp³-hybridized carbons (Fsp3) is 0.671. The van der Waals surface area contributed by atoms with Gasteiger partial charge in [0.15, 0.2) is 18.3 Å². The molecule has 30 heteroatoms. The minimum Gasteiger partial charge on any atom is -0.465 e. The molecule has 8 atom stereocenters. The predicted molar refractivity (Wildman–Crippen MR) is 381 cm³/mol. The number of benzene rings is 2. The first-order chi connectivity index (χ1) is 49.1. The van der Waals surface area contributed by atoms with Crippen molar-refractivity contribution < 1.29 is 128 Å². The van der Waals surface area contributed by atoms with Crippen molar-refractivity contribution in [1.82, 2.24) is 0 Å². The van der Waals surface area contributed by atoms with Crippen LogP contribution in [0, 0.1) is 0 Å². The number of esters is 6. The standard InChI is InChI=1S/C73H113O27P3/c1-5-7-9-11-13-15-17-19-21-23-25-27-29-31-33-43-62(76)93-53-59(95-65(79)44-34-32-30-28-26-24-22-20-18-16-14-12-10-8-6-2)54-94-103(89,90)100-68-66(80)67(96-72(81)60-41-37-35-39-57(60)49-51-91-63(77)47-45-55(3)74)70(98-101(83,84)85)71(99-102(86,87)88)69(68)97-73(82)61-42-38-36-40-58(61)50-52-92-64(78)48-46-56(4)75/h17-20,35-42,59,66-71,80H,5-16,21-34,43-54H2,1-4H3,(H,89,90)(H2,83,84,85)(H2,86,87,88)/b19-17-,20-18-/t59-,66+,67-,68+,69-,70+,71+/m0/s1. The van der Waals surface area contributed by atoms with Crippen LogP contribution in [0.3, 0.4) is 0 Å². The molecule has 0 amide bonds. The molecule has 0 aliphatic heterocycles. The SMILES string of the molecule is CCCCCCC/C=C\CCCCCCCCC(=O)OC[C@@H](COP(=O)(O)O[C@@H]1[C@H](O)[C@H](OC(=O)c2ccccc2CCOC(=O)CCC(C)=O)[C@@H](OP(=O)(O)O)[C@H](OP(=O)(O)O)[C@H]1OC(=O)c1ccccc1CCOC(=O)CCC(C)=O)OC(=O)CCCCCCCC/C=C\CCCCCCC. The number of carbonyl (C=O) groups is 8. The molecule has 6 N–H and O–H groups in total. The molecule has 1 saturated carbocycles. The first kappa shape index (κ1) is 91.6. The summed E-state index contributed by atoms with van der Waals surface area (Å²) in [7, 11) is -18.1. The number of phosphoric ester groups is 3. The molecule has 0 aromatic heterocycles. The van der Waals surface area contributed by atoms with Gasteiger partial charge in [-0.2, -0.15) is 0 Å². The number of carbonyl (C=O) groups excluding carboxylic acids is 8. The molecule has 1 unspecified atom stereocenters. The van der Waals surface area contributed by atoms with E-state index in [0.29, 0.717) is 25.7 Å². The summed E-state index contributed by atoms with van der Waals surface area (Å²) in [6, 6.07) is 10.7. The van der Waals surface area contributed by atoms with E-state index in [-0.39, 0.29) is 92.8 Å². The number of ketones is 2. The van der Waals surface area contributed by atoms with Crippen molar-refractivity contribution in [2.24, 2.45) is 0 Å². The third-order valence-electron chi connectivity index (χ3n) is 16.8. The Balaban J connectivity index is 1.98. The molecule has 2 aromatic rings. The Hall–Kier alpha value is -5.63. The van der Waals surface area contributed by atoms with Gasteiger partial charge in [-0.05, 0) is 101 Å². The lowest BCUT2D eigenvalue weighted by Gasteiger charge is -2.47. The smallest absolute Gasteiger partial charge is 0.465 e. The maximum absolute atomic E-state index is 14.5. The number of aliphatic hydroxyl groups excluding tert-OH is 1. The highest BCUT2D eigenvalue weighted by Crippen LogP contribution is 2.52. The summed E-state index contributed by atoms with van der Waals surface area (Å²) < 4.78 is 94.4. The summed E-state index contributed by atoms with van der Waals surface area (Å²) in [6.07, 6.45) is 15.5. The summed E-state index contributed by atoms with van der Waals surface area (Å²) in [5.41, 5.74) is -0.612. The zero-order valence-electron chi connectivity index (χ0n) is 60.4. The van der Waals surface area contributed by atoms with Gasteiger partial charge in [-0.15, -0.1) is 0 Å². The molecule has 103 heavy (non-hydrogen) atoms. The summed E-state index contributed by atoms with van der Waals surface area (Å²) in [5.74, 6) is -6.55. The van der Waals surface area contributed by atoms with E-state index in [2.05, 4.69) is 38.2 Å². The molecule has 0 bridgehead atoms. The number of rotatable bonds is 58. The molecule has 1 aliphatic carbocycles. The molecule has 0 saturated heterocycles. The van der Waals surface area contributed by atoms with Gasteiger partial charge in [0.1, 0.15) is 42.6 Å². The lowest BCUT2D eigenvalue weighted by Crippen LogP contribution is -2.67. The second-order valence-corrected chi connectivity index (χ2v) is 29.6. The first-order valence-electron chi connectivity index (χ1n) is 36.5. The van der Waals surface area contributed by atoms with E-state index < -0.39 is 121 Å². The lowest BCUT2D eigenvalue weighted by molar-refractivity contribution is -0.213. The largest absolute Gasteiger partial charge is 0.472 e. The van der Waals surface area contributed by atoms with Crippen LogP contribution in [-0.2, 0) is 102 Å². The van der Waals surface area contributed by atoms with Gasteiger partial charge in [0.05, 0.1) is 43.8 Å². The van der Waals surface area contributed by atoms with Gasteiger partial charge in [-0.25, -0.2) is 23.3 Å². The van der Waals surface area contributed by atoms with Crippen molar-refractivity contribution in [2.45, 2.75) is 289 Å². The van der Waals surface area contributed by atoms with Crippen LogP contribution >= 0.6 is 23.5 Å². The van der Waals surface area contributed by atoms with Crippen molar-refractivity contribution in [3.63, 3.8) is 0 Å². The second kappa shape index (κ2) is 52.4. The van der Waals surface area contributed by atoms with Crippen LogP contribution < -0.4 is 0 Å². The van der Waals surface area contributed by atoms with Crippen LogP contribution in [0.2, 0.25) is 0 Å². The normalized spacial score (nSPS) is 17.9. The van der Waals surface area contributed by atoms with E-state index in [1.807, 2.05) is 0 Å². The van der Waals surface area contributed by atoms with Gasteiger partial charge >= 0.3 is 59.3 Å². The van der Waals surface area contributed by atoms with Crippen LogP contribution in [-0.4, -0.2) is 146 Å². The van der Waals surface area contributed by atoms with Crippen LogP contribution in [0.25, 0.3) is 0 Å². The molecule has 0 heterocycles. The molecule has 1 fully saturated rings. The molecule has 0 radical (unpaired) electrons. The van der Waals surface area contributed by atoms with E-state index in [0.717, 1.165) is 83.1 Å². The van der Waals surface area contributed by atoms with Gasteiger partial charge in [0.2, 0.25) is 0 Å². The molecular formula is C73H113O27P3. The van der Waals surface area contributed by atoms with Gasteiger partial charge in [0, 0.05) is 38.5 Å². The van der Waals surface area contributed by atoms with Crippen molar-refractivity contribution in [2.75, 3.05) is 26.4 Å². The summed E-state index contributed by atoms with van der Waals surface area (Å²) in [5, 5.41) is 12.4. The molecule has 3 rings (SSSR count). The van der Waals surface area contributed by atoms with E-state index in [9.17, 15) is 81.6 Å². The highest BCUT2D eigenvalue weighted by atomic mass is 31.2. The monoisotopic (exact) mass is 1510 g/mol. The van der Waals surface area contributed by atoms with E-state index in [1.54, 1.807) is 0 Å². The number of phosphoric acid groups is 3. The maximum Gasteiger partial charge on any atom is 0.472 e. The Bertz CT molecular complexity index is 3070. The van der Waals surface area contributed by atoms with Crippen molar-refractivity contribution in [3.05, 3.63) is 95.1 Å². The number of Topliss-reactive ketones (excluding diaryl/α,β-unsaturated/α-hetero) is 2. The zero-order chi connectivity index (χ0) is 75.9. The minimum absolute atomic E-state index is 0.0279. The van der Waals surface area contributed by atoms with Gasteiger partial charge in [-0.1, -0.05) is 177 Å². The van der Waals surface area contributed by atoms with Crippen molar-refractivity contribution in [3.8, 4) is 0 Å². The Morgan fingerprint density at radius 2 is 0.786 bits per heavy atom.